The van der Waals surface area contributed by atoms with E-state index in [1.807, 2.05) is 17.0 Å². The maximum Gasteiger partial charge on any atom is 0.263 e. The number of amides is 1. The minimum absolute atomic E-state index is 0. The van der Waals surface area contributed by atoms with Crippen LogP contribution < -0.4 is 15.2 Å². The highest BCUT2D eigenvalue weighted by Gasteiger charge is 2.29. The van der Waals surface area contributed by atoms with Crippen molar-refractivity contribution < 1.29 is 14.3 Å². The van der Waals surface area contributed by atoms with E-state index in [0.29, 0.717) is 12.3 Å². The van der Waals surface area contributed by atoms with E-state index >= 15 is 0 Å². The van der Waals surface area contributed by atoms with E-state index in [9.17, 15) is 4.79 Å². The summed E-state index contributed by atoms with van der Waals surface area (Å²) in [5, 5.41) is 0. The Labute approximate surface area is 138 Å². The average Bonchev–Trinajstić information content (AvgIpc) is 2.54. The maximum atomic E-state index is 12.5. The largest absolute Gasteiger partial charge is 0.497 e. The zero-order valence-corrected chi connectivity index (χ0v) is 14.0. The van der Waals surface area contributed by atoms with Crippen LogP contribution in [-0.2, 0) is 4.79 Å². The molecule has 124 valence electrons. The molecular formula is C16H25ClN2O3. The minimum Gasteiger partial charge on any atom is -0.497 e. The normalized spacial score (nSPS) is 19.0. The standard InChI is InChI=1S/C16H24N2O3.ClH/c1-12(21-15-8-6-14(20-2)7-9-15)16(19)18-10-4-3-5-13(18)11-17;/h6-9,12-13H,3-5,10-11,17H2,1-2H3;1H. The lowest BCUT2D eigenvalue weighted by Gasteiger charge is -2.36. The Kier molecular flexibility index (Phi) is 7.48. The molecule has 2 atom stereocenters. The van der Waals surface area contributed by atoms with Crippen LogP contribution in [0.2, 0.25) is 0 Å². The van der Waals surface area contributed by atoms with Crippen molar-refractivity contribution in [3.05, 3.63) is 24.3 Å². The summed E-state index contributed by atoms with van der Waals surface area (Å²) < 4.78 is 10.8. The molecule has 1 saturated heterocycles. The molecule has 0 radical (unpaired) electrons. The number of likely N-dealkylation sites (tertiary alicyclic amines) is 1. The molecule has 1 aromatic carbocycles. The van der Waals surface area contributed by atoms with Gasteiger partial charge in [0.2, 0.25) is 0 Å². The van der Waals surface area contributed by atoms with Crippen molar-refractivity contribution in [1.82, 2.24) is 4.90 Å². The highest BCUT2D eigenvalue weighted by molar-refractivity contribution is 5.85. The molecule has 1 aliphatic rings. The predicted octanol–water partition coefficient (Wildman–Crippen LogP) is 2.22. The van der Waals surface area contributed by atoms with Crippen LogP contribution in [0.1, 0.15) is 26.2 Å². The second-order valence-electron chi connectivity index (χ2n) is 5.35. The van der Waals surface area contributed by atoms with Crippen LogP contribution in [-0.4, -0.2) is 43.2 Å². The van der Waals surface area contributed by atoms with Gasteiger partial charge in [-0.25, -0.2) is 0 Å². The van der Waals surface area contributed by atoms with Crippen LogP contribution in [0.4, 0.5) is 0 Å². The molecule has 0 spiro atoms. The number of piperidine rings is 1. The van der Waals surface area contributed by atoms with Gasteiger partial charge in [0, 0.05) is 19.1 Å². The third kappa shape index (κ3) is 4.52. The number of hydrogen-bond donors (Lipinski definition) is 1. The van der Waals surface area contributed by atoms with Crippen molar-refractivity contribution in [1.29, 1.82) is 0 Å². The SMILES string of the molecule is COc1ccc(OC(C)C(=O)N2CCCCC2CN)cc1.Cl. The van der Waals surface area contributed by atoms with Crippen LogP contribution in [0.5, 0.6) is 11.5 Å². The molecule has 6 heteroatoms. The fraction of sp³-hybridized carbons (Fsp3) is 0.562. The first-order valence-electron chi connectivity index (χ1n) is 7.47. The lowest BCUT2D eigenvalue weighted by atomic mass is 10.0. The van der Waals surface area contributed by atoms with E-state index in [4.69, 9.17) is 15.2 Å². The summed E-state index contributed by atoms with van der Waals surface area (Å²) in [5.74, 6) is 1.44. The van der Waals surface area contributed by atoms with Crippen LogP contribution in [0.3, 0.4) is 0 Å². The molecule has 2 rings (SSSR count). The van der Waals surface area contributed by atoms with E-state index in [1.54, 1.807) is 26.2 Å². The number of methoxy groups -OCH3 is 1. The van der Waals surface area contributed by atoms with Crippen molar-refractivity contribution in [2.75, 3.05) is 20.2 Å². The van der Waals surface area contributed by atoms with Crippen LogP contribution in [0.15, 0.2) is 24.3 Å². The zero-order valence-electron chi connectivity index (χ0n) is 13.2. The third-order valence-corrected chi connectivity index (χ3v) is 3.90. The Hall–Kier alpha value is -1.46. The van der Waals surface area contributed by atoms with Gasteiger partial charge in [-0.1, -0.05) is 0 Å². The first kappa shape index (κ1) is 18.6. The number of benzene rings is 1. The van der Waals surface area contributed by atoms with E-state index in [1.165, 1.54) is 0 Å². The Balaban J connectivity index is 0.00000242. The Morgan fingerprint density at radius 1 is 1.32 bits per heavy atom. The van der Waals surface area contributed by atoms with Gasteiger partial charge in [0.1, 0.15) is 11.5 Å². The number of halogens is 1. The fourth-order valence-electron chi connectivity index (χ4n) is 2.68. The fourth-order valence-corrected chi connectivity index (χ4v) is 2.68. The van der Waals surface area contributed by atoms with E-state index in [-0.39, 0.29) is 24.4 Å². The van der Waals surface area contributed by atoms with Gasteiger partial charge in [0.25, 0.3) is 5.91 Å². The summed E-state index contributed by atoms with van der Waals surface area (Å²) in [6.07, 6.45) is 2.65. The average molecular weight is 329 g/mol. The molecule has 0 saturated carbocycles. The predicted molar refractivity (Wildman–Crippen MR) is 88.7 cm³/mol. The van der Waals surface area contributed by atoms with Crippen molar-refractivity contribution in [2.24, 2.45) is 5.73 Å². The summed E-state index contributed by atoms with van der Waals surface area (Å²) in [6, 6.07) is 7.39. The molecule has 0 aliphatic carbocycles. The summed E-state index contributed by atoms with van der Waals surface area (Å²) in [6.45, 7) is 3.08. The maximum absolute atomic E-state index is 12.5. The molecule has 5 nitrogen and oxygen atoms in total. The molecule has 0 aromatic heterocycles. The van der Waals surface area contributed by atoms with Crippen molar-refractivity contribution in [2.45, 2.75) is 38.3 Å². The topological polar surface area (TPSA) is 64.8 Å². The molecule has 22 heavy (non-hydrogen) atoms. The van der Waals surface area contributed by atoms with Gasteiger partial charge in [-0.15, -0.1) is 12.4 Å². The third-order valence-electron chi connectivity index (χ3n) is 3.90. The number of carbonyl (C=O) groups is 1. The summed E-state index contributed by atoms with van der Waals surface area (Å²) in [7, 11) is 1.62. The van der Waals surface area contributed by atoms with E-state index in [0.717, 1.165) is 31.6 Å². The van der Waals surface area contributed by atoms with Crippen molar-refractivity contribution in [3.8, 4) is 11.5 Å². The summed E-state index contributed by atoms with van der Waals surface area (Å²) in [5.41, 5.74) is 5.77. The molecule has 1 fully saturated rings. The van der Waals surface area contributed by atoms with Gasteiger partial charge < -0.3 is 20.1 Å². The minimum atomic E-state index is -0.509. The summed E-state index contributed by atoms with van der Waals surface area (Å²) in [4.78, 5) is 14.4. The molecule has 2 unspecified atom stereocenters. The number of nitrogens with two attached hydrogens (primary N) is 1. The van der Waals surface area contributed by atoms with Gasteiger partial charge >= 0.3 is 0 Å². The second-order valence-corrected chi connectivity index (χ2v) is 5.35. The summed E-state index contributed by atoms with van der Waals surface area (Å²) >= 11 is 0. The van der Waals surface area contributed by atoms with Crippen LogP contribution in [0, 0.1) is 0 Å². The Morgan fingerprint density at radius 3 is 2.55 bits per heavy atom. The quantitative estimate of drug-likeness (QED) is 0.900. The number of hydrogen-bond acceptors (Lipinski definition) is 4. The number of rotatable bonds is 5. The van der Waals surface area contributed by atoms with Gasteiger partial charge in [-0.2, -0.15) is 0 Å². The molecule has 1 aromatic rings. The first-order valence-corrected chi connectivity index (χ1v) is 7.47. The van der Waals surface area contributed by atoms with Gasteiger partial charge in [-0.05, 0) is 50.5 Å². The molecule has 1 amide bonds. The van der Waals surface area contributed by atoms with Crippen LogP contribution >= 0.6 is 12.4 Å². The number of ether oxygens (including phenoxy) is 2. The number of nitrogens with zero attached hydrogens (tertiary/aromatic N) is 1. The number of carbonyl (C=O) groups excluding carboxylic acids is 1. The van der Waals surface area contributed by atoms with Gasteiger partial charge in [-0.3, -0.25) is 4.79 Å². The lowest BCUT2D eigenvalue weighted by molar-refractivity contribution is -0.141. The Bertz CT molecular complexity index is 467. The highest BCUT2D eigenvalue weighted by Crippen LogP contribution is 2.21. The highest BCUT2D eigenvalue weighted by atomic mass is 35.5. The lowest BCUT2D eigenvalue weighted by Crippen LogP contribution is -2.51. The molecule has 1 aliphatic heterocycles. The van der Waals surface area contributed by atoms with Gasteiger partial charge in [0.05, 0.1) is 7.11 Å². The first-order chi connectivity index (χ1) is 10.2. The zero-order chi connectivity index (χ0) is 15.2. The van der Waals surface area contributed by atoms with E-state index < -0.39 is 6.10 Å². The molecule has 2 N–H and O–H groups in total. The van der Waals surface area contributed by atoms with Crippen molar-refractivity contribution >= 4 is 18.3 Å². The Morgan fingerprint density at radius 2 is 1.95 bits per heavy atom. The van der Waals surface area contributed by atoms with E-state index in [2.05, 4.69) is 0 Å². The van der Waals surface area contributed by atoms with Crippen LogP contribution in [0.25, 0.3) is 0 Å². The molecule has 0 bridgehead atoms. The van der Waals surface area contributed by atoms with Gasteiger partial charge in [0.15, 0.2) is 6.10 Å². The monoisotopic (exact) mass is 328 g/mol. The molecule has 1 heterocycles. The molecular weight excluding hydrogens is 304 g/mol. The second kappa shape index (κ2) is 8.86. The van der Waals surface area contributed by atoms with Crippen molar-refractivity contribution in [3.63, 3.8) is 0 Å². The smallest absolute Gasteiger partial charge is 0.263 e.